The van der Waals surface area contributed by atoms with E-state index in [-0.39, 0.29) is 0 Å². The second-order valence-corrected chi connectivity index (χ2v) is 4.97. The van der Waals surface area contributed by atoms with Crippen LogP contribution in [0.2, 0.25) is 0 Å². The van der Waals surface area contributed by atoms with Crippen LogP contribution in [0.25, 0.3) is 0 Å². The molecule has 1 heterocycles. The Labute approximate surface area is 99.2 Å². The first-order valence-electron chi connectivity index (χ1n) is 6.30. The summed E-state index contributed by atoms with van der Waals surface area (Å²) in [6, 6.07) is 0.624. The number of aryl methyl sites for hydroxylation is 2. The quantitative estimate of drug-likeness (QED) is 0.719. The van der Waals surface area contributed by atoms with Gasteiger partial charge in [0.2, 0.25) is 0 Å². The van der Waals surface area contributed by atoms with E-state index in [4.69, 9.17) is 0 Å². The first-order chi connectivity index (χ1) is 7.59. The lowest BCUT2D eigenvalue weighted by molar-refractivity contribution is 0.422. The molecule has 1 unspecified atom stereocenters. The highest BCUT2D eigenvalue weighted by molar-refractivity contribution is 5.03. The van der Waals surface area contributed by atoms with Crippen LogP contribution >= 0.6 is 0 Å². The molecule has 0 spiro atoms. The molecule has 1 rings (SSSR count). The highest BCUT2D eigenvalue weighted by Gasteiger charge is 2.04. The fourth-order valence-electron chi connectivity index (χ4n) is 1.62. The van der Waals surface area contributed by atoms with Crippen LogP contribution in [0.15, 0.2) is 12.4 Å². The van der Waals surface area contributed by atoms with Crippen molar-refractivity contribution < 1.29 is 0 Å². The van der Waals surface area contributed by atoms with Crippen LogP contribution in [-0.4, -0.2) is 22.4 Å². The Morgan fingerprint density at radius 2 is 2.06 bits per heavy atom. The summed E-state index contributed by atoms with van der Waals surface area (Å²) in [5, 5.41) is 7.72. The van der Waals surface area contributed by atoms with Crippen molar-refractivity contribution in [1.82, 2.24) is 15.1 Å². The van der Waals surface area contributed by atoms with Gasteiger partial charge in [-0.15, -0.1) is 0 Å². The third kappa shape index (κ3) is 4.79. The van der Waals surface area contributed by atoms with Gasteiger partial charge in [0.05, 0.1) is 6.20 Å². The zero-order valence-corrected chi connectivity index (χ0v) is 11.0. The number of rotatable bonds is 7. The van der Waals surface area contributed by atoms with E-state index in [1.165, 1.54) is 18.4 Å². The van der Waals surface area contributed by atoms with E-state index in [9.17, 15) is 0 Å². The highest BCUT2D eigenvalue weighted by atomic mass is 15.2. The minimum absolute atomic E-state index is 0.624. The van der Waals surface area contributed by atoms with Crippen molar-refractivity contribution in [3.63, 3.8) is 0 Å². The maximum atomic E-state index is 4.17. The predicted molar refractivity (Wildman–Crippen MR) is 68.4 cm³/mol. The Kier molecular flexibility index (Phi) is 5.53. The summed E-state index contributed by atoms with van der Waals surface area (Å²) in [6.45, 7) is 7.89. The van der Waals surface area contributed by atoms with Gasteiger partial charge in [-0.3, -0.25) is 4.68 Å². The molecule has 0 aliphatic carbocycles. The Morgan fingerprint density at radius 3 is 2.62 bits per heavy atom. The van der Waals surface area contributed by atoms with Gasteiger partial charge in [0.25, 0.3) is 0 Å². The molecule has 0 saturated heterocycles. The summed E-state index contributed by atoms with van der Waals surface area (Å²) in [5.74, 6) is 0.721. The molecule has 0 bridgehead atoms. The molecule has 1 atom stereocenters. The zero-order chi connectivity index (χ0) is 12.0. The van der Waals surface area contributed by atoms with Crippen molar-refractivity contribution in [3.05, 3.63) is 18.0 Å². The standard InChI is InChI=1S/C13H25N3/c1-11(2)12(3)14-8-6-5-7-13-9-15-16(4)10-13/h9-12,14H,5-8H2,1-4H3. The molecule has 1 N–H and O–H groups in total. The lowest BCUT2D eigenvalue weighted by atomic mass is 10.1. The lowest BCUT2D eigenvalue weighted by Gasteiger charge is -2.17. The van der Waals surface area contributed by atoms with Crippen LogP contribution in [0.1, 0.15) is 39.2 Å². The summed E-state index contributed by atoms with van der Waals surface area (Å²) < 4.78 is 1.87. The lowest BCUT2D eigenvalue weighted by Crippen LogP contribution is -2.31. The molecule has 0 aromatic carbocycles. The van der Waals surface area contributed by atoms with Crippen LogP contribution < -0.4 is 5.32 Å². The van der Waals surface area contributed by atoms with E-state index in [1.807, 2.05) is 17.9 Å². The Balaban J connectivity index is 2.04. The van der Waals surface area contributed by atoms with E-state index in [1.54, 1.807) is 0 Å². The molecule has 0 saturated carbocycles. The summed E-state index contributed by atoms with van der Waals surface area (Å²) in [6.07, 6.45) is 7.69. The topological polar surface area (TPSA) is 29.9 Å². The molecule has 0 amide bonds. The summed E-state index contributed by atoms with van der Waals surface area (Å²) in [4.78, 5) is 0. The molecule has 3 nitrogen and oxygen atoms in total. The van der Waals surface area contributed by atoms with Crippen LogP contribution in [0, 0.1) is 5.92 Å². The van der Waals surface area contributed by atoms with Crippen molar-refractivity contribution in [2.45, 2.75) is 46.1 Å². The highest BCUT2D eigenvalue weighted by Crippen LogP contribution is 2.04. The number of hydrogen-bond donors (Lipinski definition) is 1. The third-order valence-electron chi connectivity index (χ3n) is 3.12. The van der Waals surface area contributed by atoms with Gasteiger partial charge in [-0.2, -0.15) is 5.10 Å². The molecule has 1 aromatic rings. The molecule has 0 aliphatic heterocycles. The number of unbranched alkanes of at least 4 members (excludes halogenated alkanes) is 1. The van der Waals surface area contributed by atoms with Gasteiger partial charge in [-0.1, -0.05) is 13.8 Å². The van der Waals surface area contributed by atoms with Gasteiger partial charge in [-0.05, 0) is 44.2 Å². The van der Waals surface area contributed by atoms with Crippen molar-refractivity contribution in [1.29, 1.82) is 0 Å². The largest absolute Gasteiger partial charge is 0.314 e. The SMILES string of the molecule is CC(C)C(C)NCCCCc1cnn(C)c1. The average Bonchev–Trinajstić information content (AvgIpc) is 2.63. The van der Waals surface area contributed by atoms with Crippen LogP contribution in [-0.2, 0) is 13.5 Å². The molecule has 16 heavy (non-hydrogen) atoms. The maximum absolute atomic E-state index is 4.17. The molecule has 0 radical (unpaired) electrons. The summed E-state index contributed by atoms with van der Waals surface area (Å²) >= 11 is 0. The Hall–Kier alpha value is -0.830. The van der Waals surface area contributed by atoms with Crippen LogP contribution in [0.5, 0.6) is 0 Å². The second-order valence-electron chi connectivity index (χ2n) is 4.97. The molecule has 92 valence electrons. The van der Waals surface area contributed by atoms with E-state index in [0.29, 0.717) is 6.04 Å². The van der Waals surface area contributed by atoms with Crippen molar-refractivity contribution >= 4 is 0 Å². The van der Waals surface area contributed by atoms with Crippen LogP contribution in [0.4, 0.5) is 0 Å². The van der Waals surface area contributed by atoms with Gasteiger partial charge < -0.3 is 5.32 Å². The van der Waals surface area contributed by atoms with Crippen molar-refractivity contribution in [2.24, 2.45) is 13.0 Å². The van der Waals surface area contributed by atoms with Crippen molar-refractivity contribution in [3.8, 4) is 0 Å². The van der Waals surface area contributed by atoms with E-state index in [0.717, 1.165) is 18.9 Å². The predicted octanol–water partition coefficient (Wildman–Crippen LogP) is 2.38. The van der Waals surface area contributed by atoms with Crippen molar-refractivity contribution in [2.75, 3.05) is 6.54 Å². The Morgan fingerprint density at radius 1 is 1.31 bits per heavy atom. The molecule has 0 fully saturated rings. The first-order valence-corrected chi connectivity index (χ1v) is 6.30. The van der Waals surface area contributed by atoms with Crippen LogP contribution in [0.3, 0.4) is 0 Å². The molecular weight excluding hydrogens is 198 g/mol. The smallest absolute Gasteiger partial charge is 0.0521 e. The van der Waals surface area contributed by atoms with E-state index < -0.39 is 0 Å². The summed E-state index contributed by atoms with van der Waals surface area (Å²) in [5.41, 5.74) is 1.35. The van der Waals surface area contributed by atoms with Gasteiger partial charge in [0.15, 0.2) is 0 Å². The van der Waals surface area contributed by atoms with E-state index in [2.05, 4.69) is 37.4 Å². The fraction of sp³-hybridized carbons (Fsp3) is 0.769. The van der Waals surface area contributed by atoms with Gasteiger partial charge in [0, 0.05) is 19.3 Å². The molecule has 1 aromatic heterocycles. The molecule has 3 heteroatoms. The molecular formula is C13H25N3. The fourth-order valence-corrected chi connectivity index (χ4v) is 1.62. The van der Waals surface area contributed by atoms with Gasteiger partial charge in [-0.25, -0.2) is 0 Å². The second kappa shape index (κ2) is 6.69. The zero-order valence-electron chi connectivity index (χ0n) is 11.0. The normalized spacial score (nSPS) is 13.3. The number of hydrogen-bond acceptors (Lipinski definition) is 2. The first kappa shape index (κ1) is 13.2. The minimum Gasteiger partial charge on any atom is -0.314 e. The maximum Gasteiger partial charge on any atom is 0.0521 e. The average molecular weight is 223 g/mol. The Bertz CT molecular complexity index is 291. The number of nitrogens with zero attached hydrogens (tertiary/aromatic N) is 2. The minimum atomic E-state index is 0.624. The summed E-state index contributed by atoms with van der Waals surface area (Å²) in [7, 11) is 1.97. The third-order valence-corrected chi connectivity index (χ3v) is 3.12. The molecule has 0 aliphatic rings. The number of aromatic nitrogens is 2. The van der Waals surface area contributed by atoms with Gasteiger partial charge in [0.1, 0.15) is 0 Å². The van der Waals surface area contributed by atoms with E-state index >= 15 is 0 Å². The van der Waals surface area contributed by atoms with Gasteiger partial charge >= 0.3 is 0 Å². The monoisotopic (exact) mass is 223 g/mol. The number of nitrogens with one attached hydrogen (secondary N) is 1.